The SMILES string of the molecule is Cc1cccc(C)c1NS(=O)(=O)c1ccc(NC(=O)c2occc2COc2ccccc2)cc1. The molecule has 0 unspecified atom stereocenters. The van der Waals surface area contributed by atoms with Crippen LogP contribution in [0.1, 0.15) is 27.2 Å². The number of ether oxygens (including phenoxy) is 1. The summed E-state index contributed by atoms with van der Waals surface area (Å²) in [6.07, 6.45) is 1.42. The number of carbonyl (C=O) groups excluding carboxylic acids is 1. The standard InChI is InChI=1S/C26H24N2O5S/c1-18-7-6-8-19(2)24(18)28-34(30,31)23-13-11-21(12-14-23)27-26(29)25-20(15-16-32-25)17-33-22-9-4-3-5-10-22/h3-16,28H,17H2,1-2H3,(H,27,29). The predicted molar refractivity (Wildman–Crippen MR) is 131 cm³/mol. The molecule has 4 aromatic rings. The van der Waals surface area contributed by atoms with Gasteiger partial charge in [-0.15, -0.1) is 0 Å². The number of anilines is 2. The van der Waals surface area contributed by atoms with Gasteiger partial charge in [-0.2, -0.15) is 0 Å². The van der Waals surface area contributed by atoms with Gasteiger partial charge in [0.2, 0.25) is 0 Å². The van der Waals surface area contributed by atoms with E-state index in [2.05, 4.69) is 10.0 Å². The first-order valence-electron chi connectivity index (χ1n) is 10.6. The first kappa shape index (κ1) is 23.1. The average Bonchev–Trinajstić information content (AvgIpc) is 3.30. The maximum atomic E-state index is 12.8. The summed E-state index contributed by atoms with van der Waals surface area (Å²) in [5.41, 5.74) is 3.25. The lowest BCUT2D eigenvalue weighted by molar-refractivity contribution is 0.0993. The summed E-state index contributed by atoms with van der Waals surface area (Å²) < 4.78 is 39.4. The highest BCUT2D eigenvalue weighted by Gasteiger charge is 2.19. The third-order valence-electron chi connectivity index (χ3n) is 5.23. The molecule has 8 heteroatoms. The monoisotopic (exact) mass is 476 g/mol. The van der Waals surface area contributed by atoms with Gasteiger partial charge in [0, 0.05) is 11.3 Å². The van der Waals surface area contributed by atoms with E-state index < -0.39 is 15.9 Å². The lowest BCUT2D eigenvalue weighted by Crippen LogP contribution is -2.16. The van der Waals surface area contributed by atoms with Gasteiger partial charge in [-0.05, 0) is 67.4 Å². The molecule has 0 saturated carbocycles. The minimum Gasteiger partial charge on any atom is -0.489 e. The van der Waals surface area contributed by atoms with Gasteiger partial charge in [-0.25, -0.2) is 8.42 Å². The maximum absolute atomic E-state index is 12.8. The fourth-order valence-corrected chi connectivity index (χ4v) is 4.60. The van der Waals surface area contributed by atoms with Gasteiger partial charge in [-0.3, -0.25) is 9.52 Å². The molecule has 0 radical (unpaired) electrons. The molecule has 0 saturated heterocycles. The molecule has 0 bridgehead atoms. The van der Waals surface area contributed by atoms with E-state index in [1.165, 1.54) is 30.5 Å². The van der Waals surface area contributed by atoms with E-state index >= 15 is 0 Å². The topological polar surface area (TPSA) is 97.6 Å². The number of hydrogen-bond acceptors (Lipinski definition) is 5. The molecular formula is C26H24N2O5S. The number of nitrogens with one attached hydrogen (secondary N) is 2. The van der Waals surface area contributed by atoms with Crippen LogP contribution in [0.4, 0.5) is 11.4 Å². The van der Waals surface area contributed by atoms with Crippen LogP contribution in [0.5, 0.6) is 5.75 Å². The molecular weight excluding hydrogens is 452 g/mol. The Morgan fingerprint density at radius 3 is 2.24 bits per heavy atom. The molecule has 0 atom stereocenters. The molecule has 2 N–H and O–H groups in total. The number of aryl methyl sites for hydroxylation is 2. The van der Waals surface area contributed by atoms with E-state index in [1.807, 2.05) is 62.4 Å². The molecule has 0 aliphatic heterocycles. The molecule has 4 rings (SSSR count). The average molecular weight is 477 g/mol. The van der Waals surface area contributed by atoms with Crippen molar-refractivity contribution in [2.75, 3.05) is 10.0 Å². The number of para-hydroxylation sites is 2. The number of furan rings is 1. The number of sulfonamides is 1. The first-order chi connectivity index (χ1) is 16.3. The number of carbonyl (C=O) groups is 1. The fourth-order valence-electron chi connectivity index (χ4n) is 3.40. The minimum atomic E-state index is -3.78. The summed E-state index contributed by atoms with van der Waals surface area (Å²) >= 11 is 0. The van der Waals surface area contributed by atoms with E-state index in [0.29, 0.717) is 22.7 Å². The van der Waals surface area contributed by atoms with E-state index in [-0.39, 0.29) is 17.3 Å². The number of rotatable bonds is 8. The lowest BCUT2D eigenvalue weighted by atomic mass is 10.1. The van der Waals surface area contributed by atoms with Crippen molar-refractivity contribution in [3.63, 3.8) is 0 Å². The van der Waals surface area contributed by atoms with Crippen molar-refractivity contribution in [2.24, 2.45) is 0 Å². The van der Waals surface area contributed by atoms with Crippen molar-refractivity contribution in [2.45, 2.75) is 25.3 Å². The van der Waals surface area contributed by atoms with Crippen LogP contribution in [0.25, 0.3) is 0 Å². The zero-order valence-corrected chi connectivity index (χ0v) is 19.6. The molecule has 34 heavy (non-hydrogen) atoms. The van der Waals surface area contributed by atoms with Crippen molar-refractivity contribution >= 4 is 27.3 Å². The van der Waals surface area contributed by atoms with Crippen LogP contribution >= 0.6 is 0 Å². The van der Waals surface area contributed by atoms with Crippen molar-refractivity contribution in [3.8, 4) is 5.75 Å². The van der Waals surface area contributed by atoms with Crippen molar-refractivity contribution in [1.82, 2.24) is 0 Å². The Morgan fingerprint density at radius 1 is 0.882 bits per heavy atom. The highest BCUT2D eigenvalue weighted by atomic mass is 32.2. The highest BCUT2D eigenvalue weighted by molar-refractivity contribution is 7.92. The Hall–Kier alpha value is -4.04. The molecule has 1 heterocycles. The predicted octanol–water partition coefficient (Wildman–Crippen LogP) is 5.53. The molecule has 1 amide bonds. The number of amides is 1. The number of benzene rings is 3. The van der Waals surface area contributed by atoms with Crippen LogP contribution in [-0.2, 0) is 16.6 Å². The minimum absolute atomic E-state index is 0.0862. The third-order valence-corrected chi connectivity index (χ3v) is 6.60. The molecule has 0 spiro atoms. The molecule has 1 aromatic heterocycles. The van der Waals surface area contributed by atoms with Crippen molar-refractivity contribution < 1.29 is 22.4 Å². The Labute approximate surface area is 198 Å². The van der Waals surface area contributed by atoms with E-state index in [4.69, 9.17) is 9.15 Å². The van der Waals surface area contributed by atoms with Crippen LogP contribution in [0, 0.1) is 13.8 Å². The molecule has 0 aliphatic rings. The van der Waals surface area contributed by atoms with Crippen LogP contribution in [0.2, 0.25) is 0 Å². The van der Waals surface area contributed by atoms with Gasteiger partial charge in [-0.1, -0.05) is 36.4 Å². The normalized spacial score (nSPS) is 11.1. The van der Waals surface area contributed by atoms with Crippen LogP contribution < -0.4 is 14.8 Å². The molecule has 7 nitrogen and oxygen atoms in total. The molecule has 0 aliphatic carbocycles. The summed E-state index contributed by atoms with van der Waals surface area (Å²) in [7, 11) is -3.78. The summed E-state index contributed by atoms with van der Waals surface area (Å²) in [5, 5.41) is 2.73. The molecule has 3 aromatic carbocycles. The fraction of sp³-hybridized carbons (Fsp3) is 0.115. The maximum Gasteiger partial charge on any atom is 0.291 e. The van der Waals surface area contributed by atoms with E-state index in [9.17, 15) is 13.2 Å². The Morgan fingerprint density at radius 2 is 1.56 bits per heavy atom. The third kappa shape index (κ3) is 5.29. The van der Waals surface area contributed by atoms with Crippen LogP contribution in [-0.4, -0.2) is 14.3 Å². The van der Waals surface area contributed by atoms with Gasteiger partial charge >= 0.3 is 0 Å². The highest BCUT2D eigenvalue weighted by Crippen LogP contribution is 2.24. The lowest BCUT2D eigenvalue weighted by Gasteiger charge is -2.13. The van der Waals surface area contributed by atoms with Crippen molar-refractivity contribution in [3.05, 3.63) is 108 Å². The molecule has 174 valence electrons. The largest absolute Gasteiger partial charge is 0.489 e. The van der Waals surface area contributed by atoms with Crippen LogP contribution in [0.3, 0.4) is 0 Å². The summed E-state index contributed by atoms with van der Waals surface area (Å²) in [6, 6.07) is 22.4. The van der Waals surface area contributed by atoms with Gasteiger partial charge in [0.25, 0.3) is 15.9 Å². The van der Waals surface area contributed by atoms with Crippen LogP contribution in [0.15, 0.2) is 94.4 Å². The molecule has 0 fully saturated rings. The second-order valence-electron chi connectivity index (χ2n) is 7.73. The second-order valence-corrected chi connectivity index (χ2v) is 9.41. The van der Waals surface area contributed by atoms with Gasteiger partial charge in [0.1, 0.15) is 12.4 Å². The Kier molecular flexibility index (Phi) is 6.70. The summed E-state index contributed by atoms with van der Waals surface area (Å²) in [6.45, 7) is 3.86. The summed E-state index contributed by atoms with van der Waals surface area (Å²) in [4.78, 5) is 12.8. The van der Waals surface area contributed by atoms with Gasteiger partial charge < -0.3 is 14.5 Å². The quantitative estimate of drug-likeness (QED) is 0.349. The van der Waals surface area contributed by atoms with E-state index in [1.54, 1.807) is 6.07 Å². The smallest absolute Gasteiger partial charge is 0.291 e. The van der Waals surface area contributed by atoms with Gasteiger partial charge in [0.05, 0.1) is 16.8 Å². The van der Waals surface area contributed by atoms with E-state index in [0.717, 1.165) is 11.1 Å². The van der Waals surface area contributed by atoms with Crippen molar-refractivity contribution in [1.29, 1.82) is 0 Å². The summed E-state index contributed by atoms with van der Waals surface area (Å²) in [5.74, 6) is 0.353. The first-order valence-corrected chi connectivity index (χ1v) is 12.1. The van der Waals surface area contributed by atoms with Gasteiger partial charge in [0.15, 0.2) is 5.76 Å². The second kappa shape index (κ2) is 9.84. The number of hydrogen-bond donors (Lipinski definition) is 2. The zero-order valence-electron chi connectivity index (χ0n) is 18.7. The Balaban J connectivity index is 1.43. The Bertz CT molecular complexity index is 1370. The zero-order chi connectivity index (χ0) is 24.1.